The number of nitrogens with two attached hydrogens (primary N) is 1. The molecule has 24 nitrogen and oxygen atoms in total. The Labute approximate surface area is 466 Å². The van der Waals surface area contributed by atoms with Crippen LogP contribution < -0.4 is 42.4 Å². The van der Waals surface area contributed by atoms with Gasteiger partial charge in [0.15, 0.2) is 5.72 Å². The van der Waals surface area contributed by atoms with Gasteiger partial charge in [-0.3, -0.25) is 34.2 Å². The number of epoxide rings is 1. The van der Waals surface area contributed by atoms with E-state index < -0.39 is 108 Å². The molecule has 9 N–H and O–H groups in total. The van der Waals surface area contributed by atoms with Crippen molar-refractivity contribution in [1.29, 1.82) is 0 Å². The quantitative estimate of drug-likeness (QED) is 0.0174. The molecule has 79 heavy (non-hydrogen) atoms. The minimum atomic E-state index is -1.93. The van der Waals surface area contributed by atoms with E-state index in [4.69, 9.17) is 41.0 Å². The fraction of sp³-hybridized carbons (Fsp3) is 0.611. The van der Waals surface area contributed by atoms with Gasteiger partial charge in [-0.1, -0.05) is 75.1 Å². The summed E-state index contributed by atoms with van der Waals surface area (Å²) in [6.07, 6.45) is 5.81. The second kappa shape index (κ2) is 30.0. The molecule has 1 aromatic rings. The number of nitrogens with one attached hydrogen (secondary N) is 6. The Hall–Kier alpha value is -6.76. The first-order valence-corrected chi connectivity index (χ1v) is 26.8. The average Bonchev–Trinajstić information content (AvgIpc) is 4.24. The van der Waals surface area contributed by atoms with Crippen LogP contribution in [0.25, 0.3) is 0 Å². The number of cyclic esters (lactones) is 1. The number of ether oxygens (including phenoxy) is 5. The number of nitrogens with zero attached hydrogens (tertiary/aromatic N) is 2. The molecule has 10 amide bonds. The van der Waals surface area contributed by atoms with Crippen LogP contribution in [-0.4, -0.2) is 170 Å². The summed E-state index contributed by atoms with van der Waals surface area (Å²) in [6.45, 7) is 10.8. The van der Waals surface area contributed by atoms with Gasteiger partial charge in [0.05, 0.1) is 24.7 Å². The van der Waals surface area contributed by atoms with Gasteiger partial charge in [0, 0.05) is 65.3 Å². The topological polar surface area (TPSA) is 328 Å². The fourth-order valence-electron chi connectivity index (χ4n) is 9.25. The molecule has 3 heterocycles. The minimum Gasteiger partial charge on any atom is -0.495 e. The number of amides is 10. The molecule has 2 fully saturated rings. The third-order valence-electron chi connectivity index (χ3n) is 14.3. The lowest BCUT2D eigenvalue weighted by atomic mass is 9.83. The monoisotopic (exact) mass is 1130 g/mol. The standard InChI is InChI=1S/C54H80ClN9O15/c1-31(2)45(48(69)60-37(18-16-25-59-50(56)71)47(68)58-24-13-11-12-14-26-64-43(66)22-23-44(64)67)61-51(72)63(8)34(5)49(70)78-41(29-42(65)57-7)53(6)46(79-53)33(4)39-30-54(74,62-52(73)77-39)40(76-10)19-15-17-32(3)27-35-20-21-36(55)38(28-35)75-9/h15,17,19-23,28,31,33-34,37,39-41,45-46,74H,11-14,16,18,24-27,29-30H2,1-10H3,(H,57,65)(H,58,68)(H,60,69)(H,61,72)(H,62,73)(H3,56,59,71)/b19-15+,32-17+/t33?,34-,37-,39?,40?,41?,45-,46?,53?,54?/m0/s1. The molecule has 0 saturated carbocycles. The van der Waals surface area contributed by atoms with E-state index in [1.807, 2.05) is 25.1 Å². The normalized spacial score (nSPS) is 22.2. The Morgan fingerprint density at radius 2 is 1.65 bits per heavy atom. The summed E-state index contributed by atoms with van der Waals surface area (Å²) in [5.41, 5.74) is 3.91. The van der Waals surface area contributed by atoms with E-state index in [0.29, 0.717) is 49.4 Å². The summed E-state index contributed by atoms with van der Waals surface area (Å²) < 4.78 is 28.8. The van der Waals surface area contributed by atoms with Crippen molar-refractivity contribution >= 4 is 65.3 Å². The van der Waals surface area contributed by atoms with Crippen LogP contribution in [0, 0.1) is 11.8 Å². The summed E-state index contributed by atoms with van der Waals surface area (Å²) >= 11 is 6.18. The average molecular weight is 1130 g/mol. The number of urea groups is 2. The Balaban J connectivity index is 1.37. The Bertz CT molecular complexity index is 2440. The Morgan fingerprint density at radius 3 is 2.28 bits per heavy atom. The number of esters is 1. The molecule has 2 saturated heterocycles. The van der Waals surface area contributed by atoms with Gasteiger partial charge in [0.25, 0.3) is 11.8 Å². The zero-order valence-electron chi connectivity index (χ0n) is 46.8. The molecule has 0 radical (unpaired) electrons. The van der Waals surface area contributed by atoms with E-state index in [9.17, 15) is 48.3 Å². The summed E-state index contributed by atoms with van der Waals surface area (Å²) in [5.74, 6) is -3.87. The van der Waals surface area contributed by atoms with Gasteiger partial charge < -0.3 is 66.0 Å². The second-order valence-corrected chi connectivity index (χ2v) is 21.0. The number of hydrogen-bond donors (Lipinski definition) is 8. The van der Waals surface area contributed by atoms with Crippen LogP contribution in [0.4, 0.5) is 14.4 Å². The number of benzene rings is 1. The van der Waals surface area contributed by atoms with Crippen LogP contribution in [0.3, 0.4) is 0 Å². The number of imide groups is 1. The van der Waals surface area contributed by atoms with Crippen molar-refractivity contribution in [1.82, 2.24) is 41.7 Å². The Kier molecular flexibility index (Phi) is 24.6. The van der Waals surface area contributed by atoms with Gasteiger partial charge in [-0.2, -0.15) is 0 Å². The number of unbranched alkanes of at least 4 members (excludes halogenated alkanes) is 3. The van der Waals surface area contributed by atoms with Crippen LogP contribution in [0.15, 0.2) is 54.2 Å². The lowest BCUT2D eigenvalue weighted by molar-refractivity contribution is -0.158. The van der Waals surface area contributed by atoms with Crippen molar-refractivity contribution < 1.29 is 71.9 Å². The zero-order chi connectivity index (χ0) is 58.8. The maximum Gasteiger partial charge on any atom is 0.409 e. The molecular formula is C54H80ClN9O15. The summed E-state index contributed by atoms with van der Waals surface area (Å²) in [6, 6.07) is 0.355. The van der Waals surface area contributed by atoms with E-state index in [0.717, 1.165) is 16.0 Å². The van der Waals surface area contributed by atoms with Crippen LogP contribution in [0.5, 0.6) is 5.75 Å². The molecule has 0 aliphatic carbocycles. The third kappa shape index (κ3) is 18.7. The summed E-state index contributed by atoms with van der Waals surface area (Å²) in [7, 11) is 5.66. The first-order chi connectivity index (χ1) is 37.3. The number of methoxy groups -OCH3 is 2. The number of rotatable bonds is 31. The van der Waals surface area contributed by atoms with Gasteiger partial charge in [0.1, 0.15) is 47.8 Å². The van der Waals surface area contributed by atoms with Crippen molar-refractivity contribution in [2.75, 3.05) is 47.9 Å². The first-order valence-electron chi connectivity index (χ1n) is 26.5. The molecule has 438 valence electrons. The first kappa shape index (κ1) is 64.8. The van der Waals surface area contributed by atoms with Crippen LogP contribution in [-0.2, 0) is 54.1 Å². The van der Waals surface area contributed by atoms with Gasteiger partial charge >= 0.3 is 24.1 Å². The molecule has 1 aromatic carbocycles. The second-order valence-electron chi connectivity index (χ2n) is 20.6. The molecule has 3 aliphatic heterocycles. The van der Waals surface area contributed by atoms with Gasteiger partial charge in [-0.05, 0) is 76.5 Å². The van der Waals surface area contributed by atoms with E-state index in [-0.39, 0.29) is 50.6 Å². The molecule has 0 spiro atoms. The number of carbonyl (C=O) groups is 9. The fourth-order valence-corrected chi connectivity index (χ4v) is 9.45. The lowest BCUT2D eigenvalue weighted by Crippen LogP contribution is -2.63. The van der Waals surface area contributed by atoms with E-state index in [1.54, 1.807) is 53.0 Å². The predicted octanol–water partition coefficient (Wildman–Crippen LogP) is 3.03. The van der Waals surface area contributed by atoms with Crippen molar-refractivity contribution in [3.8, 4) is 5.75 Å². The van der Waals surface area contributed by atoms with E-state index in [2.05, 4.69) is 31.9 Å². The minimum absolute atomic E-state index is 0.102. The molecule has 3 aliphatic rings. The van der Waals surface area contributed by atoms with Crippen molar-refractivity contribution in [3.05, 3.63) is 64.7 Å². The number of alkyl carbamates (subject to hydrolysis) is 1. The summed E-state index contributed by atoms with van der Waals surface area (Å²) in [4.78, 5) is 118. The van der Waals surface area contributed by atoms with Gasteiger partial charge in [-0.25, -0.2) is 19.2 Å². The highest BCUT2D eigenvalue weighted by molar-refractivity contribution is 6.32. The van der Waals surface area contributed by atoms with Crippen molar-refractivity contribution in [2.24, 2.45) is 17.6 Å². The summed E-state index contributed by atoms with van der Waals surface area (Å²) in [5, 5.41) is 28.0. The maximum absolute atomic E-state index is 13.9. The van der Waals surface area contributed by atoms with Crippen molar-refractivity contribution in [3.63, 3.8) is 0 Å². The SMILES string of the molecule is CNC(=O)CC(OC(=O)[C@H](C)N(C)C(=O)N[C@H](C(=O)N[C@@H](CCCNC(N)=O)C(=O)NCCCCCCN1C(=O)C=CC1=O)C(C)C)C1(C)OC1C(C)C1CC(O)(C(/C=C/C=C(\C)Cc2ccc(Cl)c(OC)c2)OC)NC(=O)O1. The van der Waals surface area contributed by atoms with E-state index in [1.165, 1.54) is 45.2 Å². The number of likely N-dealkylation sites (N-methyl/N-ethyl adjacent to an activating group) is 1. The zero-order valence-corrected chi connectivity index (χ0v) is 47.6. The number of halogens is 1. The number of hydrogen-bond acceptors (Lipinski definition) is 15. The number of primary amides is 1. The van der Waals surface area contributed by atoms with E-state index >= 15 is 0 Å². The molecular weight excluding hydrogens is 1050 g/mol. The highest BCUT2D eigenvalue weighted by Crippen LogP contribution is 2.49. The number of allylic oxidation sites excluding steroid dienone is 3. The molecule has 25 heteroatoms. The third-order valence-corrected chi connectivity index (χ3v) is 14.6. The molecule has 0 aromatic heterocycles. The van der Waals surface area contributed by atoms with Crippen LogP contribution in [0.2, 0.25) is 5.02 Å². The highest BCUT2D eigenvalue weighted by Gasteiger charge is 2.64. The number of aliphatic hydroxyl groups is 1. The predicted molar refractivity (Wildman–Crippen MR) is 290 cm³/mol. The smallest absolute Gasteiger partial charge is 0.409 e. The maximum atomic E-state index is 13.9. The highest BCUT2D eigenvalue weighted by atomic mass is 35.5. The van der Waals surface area contributed by atoms with Crippen LogP contribution >= 0.6 is 11.6 Å². The van der Waals surface area contributed by atoms with Gasteiger partial charge in [0.2, 0.25) is 17.7 Å². The molecule has 4 rings (SSSR count). The molecule has 10 atom stereocenters. The molecule has 0 bridgehead atoms. The number of carbonyl (C=O) groups excluding carboxylic acids is 9. The Morgan fingerprint density at radius 1 is 0.975 bits per heavy atom. The van der Waals surface area contributed by atoms with Gasteiger partial charge in [-0.15, -0.1) is 0 Å². The largest absolute Gasteiger partial charge is 0.495 e. The van der Waals surface area contributed by atoms with Crippen LogP contribution in [0.1, 0.15) is 98.5 Å². The van der Waals surface area contributed by atoms with Crippen molar-refractivity contribution in [2.45, 2.75) is 153 Å². The lowest BCUT2D eigenvalue weighted by Gasteiger charge is -2.42. The molecule has 7 unspecified atom stereocenters.